The number of rotatable bonds is 4. The van der Waals surface area contributed by atoms with Crippen molar-refractivity contribution in [2.75, 3.05) is 13.1 Å². The number of hydrogen-bond acceptors (Lipinski definition) is 2. The van der Waals surface area contributed by atoms with Gasteiger partial charge in [0, 0.05) is 25.0 Å². The number of hydrogen-bond donors (Lipinski definition) is 1. The molecule has 0 spiro atoms. The molecule has 1 atom stereocenters. The molecular weight excluding hydrogens is 284 g/mol. The summed E-state index contributed by atoms with van der Waals surface area (Å²) in [6.45, 7) is 3.08. The minimum atomic E-state index is 0.280. The van der Waals surface area contributed by atoms with E-state index in [-0.39, 0.29) is 5.91 Å². The Morgan fingerprint density at radius 1 is 1.09 bits per heavy atom. The molecule has 0 radical (unpaired) electrons. The Bertz CT molecular complexity index is 708. The predicted molar refractivity (Wildman–Crippen MR) is 93.1 cm³/mol. The zero-order valence-corrected chi connectivity index (χ0v) is 13.5. The minimum Gasteiger partial charge on any atom is -0.352 e. The maximum absolute atomic E-state index is 12.0. The fourth-order valence-corrected chi connectivity index (χ4v) is 3.58. The Labute approximate surface area is 137 Å². The van der Waals surface area contributed by atoms with E-state index in [1.807, 2.05) is 0 Å². The lowest BCUT2D eigenvalue weighted by Crippen LogP contribution is -2.47. The van der Waals surface area contributed by atoms with Crippen LogP contribution in [-0.4, -0.2) is 29.9 Å². The van der Waals surface area contributed by atoms with Crippen molar-refractivity contribution in [2.45, 2.75) is 38.3 Å². The molecule has 2 aromatic carbocycles. The van der Waals surface area contributed by atoms with Crippen molar-refractivity contribution in [1.29, 1.82) is 0 Å². The zero-order valence-electron chi connectivity index (χ0n) is 13.5. The van der Waals surface area contributed by atoms with Gasteiger partial charge < -0.3 is 5.32 Å². The van der Waals surface area contributed by atoms with Crippen LogP contribution in [0.2, 0.25) is 0 Å². The van der Waals surface area contributed by atoms with E-state index in [0.29, 0.717) is 12.0 Å². The smallest absolute Gasteiger partial charge is 0.223 e. The molecular formula is C20H24N2O. The first-order valence-corrected chi connectivity index (χ1v) is 8.78. The number of fused-ring (bicyclic) bond motifs is 1. The normalized spacial score (nSPS) is 22.2. The number of benzene rings is 2. The van der Waals surface area contributed by atoms with Gasteiger partial charge in [0.1, 0.15) is 0 Å². The van der Waals surface area contributed by atoms with E-state index in [2.05, 4.69) is 52.7 Å². The molecule has 0 bridgehead atoms. The molecule has 1 unspecified atom stereocenters. The highest BCUT2D eigenvalue weighted by Crippen LogP contribution is 2.29. The molecule has 1 N–H and O–H groups in total. The van der Waals surface area contributed by atoms with Crippen LogP contribution in [0.1, 0.15) is 31.2 Å². The van der Waals surface area contributed by atoms with Crippen LogP contribution in [0.25, 0.3) is 10.8 Å². The average molecular weight is 308 g/mol. The molecule has 2 aromatic rings. The zero-order chi connectivity index (χ0) is 15.6. The Balaban J connectivity index is 1.39. The summed E-state index contributed by atoms with van der Waals surface area (Å²) in [4.78, 5) is 14.4. The Morgan fingerprint density at radius 2 is 1.91 bits per heavy atom. The third kappa shape index (κ3) is 3.56. The minimum absolute atomic E-state index is 0.280. The first-order chi connectivity index (χ1) is 11.3. The van der Waals surface area contributed by atoms with Crippen LogP contribution in [0.3, 0.4) is 0 Å². The molecule has 4 rings (SSSR count). The highest BCUT2D eigenvalue weighted by Gasteiger charge is 2.31. The summed E-state index contributed by atoms with van der Waals surface area (Å²) in [5, 5.41) is 5.85. The van der Waals surface area contributed by atoms with Gasteiger partial charge in [-0.05, 0) is 54.6 Å². The summed E-state index contributed by atoms with van der Waals surface area (Å²) in [5.41, 5.74) is 1.36. The van der Waals surface area contributed by atoms with Gasteiger partial charge in [-0.15, -0.1) is 0 Å². The molecule has 1 heterocycles. The number of carbonyl (C=O) groups is 1. The lowest BCUT2D eigenvalue weighted by molar-refractivity contribution is -0.123. The molecule has 1 amide bonds. The van der Waals surface area contributed by atoms with E-state index >= 15 is 0 Å². The Morgan fingerprint density at radius 3 is 2.74 bits per heavy atom. The van der Waals surface area contributed by atoms with E-state index in [1.54, 1.807) is 0 Å². The molecule has 0 aromatic heterocycles. The lowest BCUT2D eigenvalue weighted by Gasteiger charge is -2.33. The number of piperidine rings is 1. The van der Waals surface area contributed by atoms with Gasteiger partial charge in [-0.25, -0.2) is 0 Å². The van der Waals surface area contributed by atoms with E-state index in [1.165, 1.54) is 22.8 Å². The molecule has 120 valence electrons. The maximum Gasteiger partial charge on any atom is 0.223 e. The number of nitrogens with zero attached hydrogens (tertiary/aromatic N) is 1. The Hall–Kier alpha value is -1.87. The van der Waals surface area contributed by atoms with Gasteiger partial charge in [0.15, 0.2) is 0 Å². The number of likely N-dealkylation sites (tertiary alicyclic amines) is 1. The summed E-state index contributed by atoms with van der Waals surface area (Å²) in [7, 11) is 0. The van der Waals surface area contributed by atoms with Crippen molar-refractivity contribution >= 4 is 16.7 Å². The predicted octanol–water partition coefficient (Wildman–Crippen LogP) is 3.33. The van der Waals surface area contributed by atoms with Gasteiger partial charge in [0.2, 0.25) is 5.91 Å². The van der Waals surface area contributed by atoms with Crippen molar-refractivity contribution in [3.63, 3.8) is 0 Å². The van der Waals surface area contributed by atoms with E-state index in [4.69, 9.17) is 0 Å². The Kier molecular flexibility index (Phi) is 4.04. The van der Waals surface area contributed by atoms with Crippen molar-refractivity contribution in [3.05, 3.63) is 48.0 Å². The lowest BCUT2D eigenvalue weighted by atomic mass is 10.0. The van der Waals surface area contributed by atoms with Gasteiger partial charge >= 0.3 is 0 Å². The highest BCUT2D eigenvalue weighted by molar-refractivity contribution is 5.83. The number of carbonyl (C=O) groups excluding carboxylic acids is 1. The van der Waals surface area contributed by atoms with Crippen molar-refractivity contribution in [2.24, 2.45) is 5.92 Å². The molecule has 2 aliphatic rings. The van der Waals surface area contributed by atoms with Crippen LogP contribution < -0.4 is 5.32 Å². The van der Waals surface area contributed by atoms with Gasteiger partial charge in [0.25, 0.3) is 0 Å². The van der Waals surface area contributed by atoms with Gasteiger partial charge in [0.05, 0.1) is 0 Å². The second-order valence-electron chi connectivity index (χ2n) is 7.04. The van der Waals surface area contributed by atoms with Gasteiger partial charge in [-0.3, -0.25) is 9.69 Å². The second kappa shape index (κ2) is 6.32. The summed E-state index contributed by atoms with van der Waals surface area (Å²) in [6.07, 6.45) is 4.45. The van der Waals surface area contributed by atoms with Crippen molar-refractivity contribution in [3.8, 4) is 0 Å². The third-order valence-corrected chi connectivity index (χ3v) is 5.02. The largest absolute Gasteiger partial charge is 0.352 e. The van der Waals surface area contributed by atoms with Gasteiger partial charge in [-0.2, -0.15) is 0 Å². The fourth-order valence-electron chi connectivity index (χ4n) is 3.58. The highest BCUT2D eigenvalue weighted by atomic mass is 16.2. The van der Waals surface area contributed by atoms with Crippen LogP contribution in [0.15, 0.2) is 42.5 Å². The molecule has 1 saturated carbocycles. The van der Waals surface area contributed by atoms with Crippen LogP contribution in [0.5, 0.6) is 0 Å². The third-order valence-electron chi connectivity index (χ3n) is 5.02. The monoisotopic (exact) mass is 308 g/mol. The average Bonchev–Trinajstić information content (AvgIpc) is 3.40. The standard InChI is InChI=1S/C20H24N2O/c23-20(17-9-10-17)21-19-6-3-11-22(14-19)13-15-7-8-16-4-1-2-5-18(16)12-15/h1-2,4-5,7-8,12,17,19H,3,6,9-11,13-14H2,(H,21,23). The number of nitrogens with one attached hydrogen (secondary N) is 1. The van der Waals surface area contributed by atoms with Crippen LogP contribution >= 0.6 is 0 Å². The summed E-state index contributed by atoms with van der Waals surface area (Å²) in [5.74, 6) is 0.591. The van der Waals surface area contributed by atoms with E-state index < -0.39 is 0 Å². The quantitative estimate of drug-likeness (QED) is 0.939. The van der Waals surface area contributed by atoms with E-state index in [9.17, 15) is 4.79 Å². The molecule has 2 fully saturated rings. The molecule has 23 heavy (non-hydrogen) atoms. The van der Waals surface area contributed by atoms with Crippen molar-refractivity contribution < 1.29 is 4.79 Å². The first kappa shape index (κ1) is 14.7. The van der Waals surface area contributed by atoms with E-state index in [0.717, 1.165) is 38.9 Å². The topological polar surface area (TPSA) is 32.3 Å². The van der Waals surface area contributed by atoms with Crippen molar-refractivity contribution in [1.82, 2.24) is 10.2 Å². The molecule has 1 aliphatic carbocycles. The molecule has 3 nitrogen and oxygen atoms in total. The molecule has 1 aliphatic heterocycles. The van der Waals surface area contributed by atoms with Gasteiger partial charge in [-0.1, -0.05) is 36.4 Å². The maximum atomic E-state index is 12.0. The fraction of sp³-hybridized carbons (Fsp3) is 0.450. The number of amides is 1. The molecule has 1 saturated heterocycles. The second-order valence-corrected chi connectivity index (χ2v) is 7.04. The SMILES string of the molecule is O=C(NC1CCCN(Cc2ccc3ccccc3c2)C1)C1CC1. The molecule has 3 heteroatoms. The first-order valence-electron chi connectivity index (χ1n) is 8.78. The summed E-state index contributed by atoms with van der Waals surface area (Å²) < 4.78 is 0. The van der Waals surface area contributed by atoms with Crippen LogP contribution in [-0.2, 0) is 11.3 Å². The summed E-state index contributed by atoms with van der Waals surface area (Å²) in [6, 6.07) is 15.6. The summed E-state index contributed by atoms with van der Waals surface area (Å²) >= 11 is 0. The van der Waals surface area contributed by atoms with Crippen LogP contribution in [0, 0.1) is 5.92 Å². The van der Waals surface area contributed by atoms with Crippen LogP contribution in [0.4, 0.5) is 0 Å².